The number of aromatic nitrogens is 1. The second-order valence-corrected chi connectivity index (χ2v) is 11.4. The summed E-state index contributed by atoms with van der Waals surface area (Å²) in [6, 6.07) is 9.44. The standard InChI is InChI=1S/C28H26N4O3S2/c1-15-12-18(17(3)32(15)26-21(14-29)20-8-5-6-11-23(20)36-26)13-24-25(33)31(4)28(37-24)30-22-10-7-9-19(16(22)2)27(34)35/h7,9-10,12-13H,5-6,8,11H2,1-4H3,(H,34,35)/b24-13-,30-28?. The Morgan fingerprint density at radius 3 is 2.70 bits per heavy atom. The number of hydrogen-bond acceptors (Lipinski definition) is 6. The number of thioether (sulfide) groups is 1. The highest BCUT2D eigenvalue weighted by atomic mass is 32.2. The summed E-state index contributed by atoms with van der Waals surface area (Å²) >= 11 is 2.98. The number of benzene rings is 1. The molecule has 1 aromatic carbocycles. The lowest BCUT2D eigenvalue weighted by atomic mass is 9.96. The van der Waals surface area contributed by atoms with Gasteiger partial charge in [0.25, 0.3) is 5.91 Å². The minimum Gasteiger partial charge on any atom is -0.478 e. The number of carbonyl (C=O) groups is 2. The van der Waals surface area contributed by atoms with Crippen molar-refractivity contribution in [3.05, 3.63) is 73.3 Å². The maximum absolute atomic E-state index is 13.1. The molecule has 7 nitrogen and oxygen atoms in total. The fourth-order valence-corrected chi connectivity index (χ4v) is 7.36. The molecule has 0 radical (unpaired) electrons. The normalized spacial score (nSPS) is 17.5. The van der Waals surface area contributed by atoms with E-state index in [1.807, 2.05) is 26.0 Å². The summed E-state index contributed by atoms with van der Waals surface area (Å²) in [5.41, 5.74) is 6.15. The van der Waals surface area contributed by atoms with Gasteiger partial charge in [-0.25, -0.2) is 9.79 Å². The first kappa shape index (κ1) is 25.1. The van der Waals surface area contributed by atoms with Gasteiger partial charge in [0.1, 0.15) is 11.1 Å². The van der Waals surface area contributed by atoms with Crippen molar-refractivity contribution in [3.8, 4) is 11.1 Å². The van der Waals surface area contributed by atoms with E-state index in [4.69, 9.17) is 0 Å². The number of carboxylic acids is 1. The van der Waals surface area contributed by atoms with Gasteiger partial charge in [0.05, 0.1) is 21.7 Å². The number of carbonyl (C=O) groups excluding carboxylic acids is 1. The molecule has 1 amide bonds. The molecule has 2 aliphatic rings. The smallest absolute Gasteiger partial charge is 0.336 e. The second-order valence-electron chi connectivity index (χ2n) is 9.29. The molecule has 1 aliphatic carbocycles. The summed E-state index contributed by atoms with van der Waals surface area (Å²) < 4.78 is 2.14. The van der Waals surface area contributed by atoms with Crippen molar-refractivity contribution >= 4 is 51.9 Å². The van der Waals surface area contributed by atoms with E-state index in [-0.39, 0.29) is 11.5 Å². The second kappa shape index (κ2) is 9.69. The van der Waals surface area contributed by atoms with E-state index >= 15 is 0 Å². The van der Waals surface area contributed by atoms with Crippen LogP contribution >= 0.6 is 23.1 Å². The highest BCUT2D eigenvalue weighted by molar-refractivity contribution is 8.18. The number of aryl methyl sites for hydroxylation is 2. The van der Waals surface area contributed by atoms with E-state index in [0.717, 1.165) is 53.2 Å². The molecule has 0 unspecified atom stereocenters. The molecular weight excluding hydrogens is 504 g/mol. The lowest BCUT2D eigenvalue weighted by Crippen LogP contribution is -2.23. The van der Waals surface area contributed by atoms with Gasteiger partial charge in [-0.05, 0) is 99.2 Å². The van der Waals surface area contributed by atoms with Gasteiger partial charge in [0.2, 0.25) is 0 Å². The highest BCUT2D eigenvalue weighted by Crippen LogP contribution is 2.39. The summed E-state index contributed by atoms with van der Waals surface area (Å²) in [6.45, 7) is 5.76. The number of amides is 1. The molecule has 188 valence electrons. The molecule has 9 heteroatoms. The van der Waals surface area contributed by atoms with Crippen molar-refractivity contribution in [2.24, 2.45) is 4.99 Å². The number of rotatable bonds is 4. The average molecular weight is 531 g/mol. The number of aliphatic imine (C=N–C) groups is 1. The van der Waals surface area contributed by atoms with E-state index < -0.39 is 5.97 Å². The van der Waals surface area contributed by atoms with Crippen LogP contribution in [0.5, 0.6) is 0 Å². The number of hydrogen-bond donors (Lipinski definition) is 1. The molecule has 2 aromatic heterocycles. The summed E-state index contributed by atoms with van der Waals surface area (Å²) in [7, 11) is 1.67. The molecule has 0 spiro atoms. The molecule has 3 heterocycles. The number of likely N-dealkylation sites (N-methyl/N-ethyl adjacent to an activating group) is 1. The number of thiophene rings is 1. The summed E-state index contributed by atoms with van der Waals surface area (Å²) in [6.07, 6.45) is 6.15. The largest absolute Gasteiger partial charge is 0.478 e. The Bertz CT molecular complexity index is 1570. The van der Waals surface area contributed by atoms with Crippen molar-refractivity contribution in [1.29, 1.82) is 5.26 Å². The summed E-state index contributed by atoms with van der Waals surface area (Å²) in [5, 5.41) is 20.8. The van der Waals surface area contributed by atoms with Gasteiger partial charge < -0.3 is 9.67 Å². The molecular formula is C28H26N4O3S2. The van der Waals surface area contributed by atoms with E-state index in [1.54, 1.807) is 43.5 Å². The zero-order valence-corrected chi connectivity index (χ0v) is 22.7. The van der Waals surface area contributed by atoms with E-state index in [9.17, 15) is 20.0 Å². The molecule has 1 aliphatic heterocycles. The molecule has 0 bridgehead atoms. The van der Waals surface area contributed by atoms with Crippen molar-refractivity contribution in [1.82, 2.24) is 9.47 Å². The maximum atomic E-state index is 13.1. The third kappa shape index (κ3) is 4.30. The molecule has 3 aromatic rings. The Hall–Kier alpha value is -3.61. The van der Waals surface area contributed by atoms with Crippen LogP contribution in [-0.2, 0) is 17.6 Å². The Morgan fingerprint density at radius 1 is 1.22 bits per heavy atom. The quantitative estimate of drug-likeness (QED) is 0.408. The van der Waals surface area contributed by atoms with Crippen molar-refractivity contribution in [2.75, 3.05) is 7.05 Å². The Labute approximate surface area is 223 Å². The Kier molecular flexibility index (Phi) is 6.56. The first-order valence-corrected chi connectivity index (χ1v) is 13.7. The van der Waals surface area contributed by atoms with Gasteiger partial charge in [-0.1, -0.05) is 6.07 Å². The van der Waals surface area contributed by atoms with Gasteiger partial charge in [0, 0.05) is 23.3 Å². The van der Waals surface area contributed by atoms with Crippen LogP contribution < -0.4 is 0 Å². The molecule has 5 rings (SSSR count). The number of nitrogens with zero attached hydrogens (tertiary/aromatic N) is 4. The van der Waals surface area contributed by atoms with Crippen molar-refractivity contribution in [3.63, 3.8) is 0 Å². The number of fused-ring (bicyclic) bond motifs is 1. The minimum absolute atomic E-state index is 0.162. The predicted octanol–water partition coefficient (Wildman–Crippen LogP) is 6.15. The number of nitriles is 1. The summed E-state index contributed by atoms with van der Waals surface area (Å²) in [4.78, 5) is 32.6. The Morgan fingerprint density at radius 2 is 1.97 bits per heavy atom. The monoisotopic (exact) mass is 530 g/mol. The van der Waals surface area contributed by atoms with Gasteiger partial charge in [0.15, 0.2) is 5.17 Å². The van der Waals surface area contributed by atoms with Crippen molar-refractivity contribution in [2.45, 2.75) is 46.5 Å². The van der Waals surface area contributed by atoms with Crippen LogP contribution in [0.1, 0.15) is 61.7 Å². The zero-order valence-electron chi connectivity index (χ0n) is 21.1. The maximum Gasteiger partial charge on any atom is 0.336 e. The van der Waals surface area contributed by atoms with Crippen LogP contribution in [0.4, 0.5) is 5.69 Å². The molecule has 1 N–H and O–H groups in total. The van der Waals surface area contributed by atoms with Crippen LogP contribution in [-0.4, -0.2) is 38.7 Å². The highest BCUT2D eigenvalue weighted by Gasteiger charge is 2.31. The van der Waals surface area contributed by atoms with Gasteiger partial charge >= 0.3 is 5.97 Å². The molecule has 0 saturated carbocycles. The lowest BCUT2D eigenvalue weighted by Gasteiger charge is -2.10. The fourth-order valence-electron chi connectivity index (χ4n) is 4.94. The zero-order chi connectivity index (χ0) is 26.4. The van der Waals surface area contributed by atoms with Crippen LogP contribution in [0.25, 0.3) is 11.1 Å². The van der Waals surface area contributed by atoms with Gasteiger partial charge in [-0.15, -0.1) is 11.3 Å². The van der Waals surface area contributed by atoms with Crippen molar-refractivity contribution < 1.29 is 14.7 Å². The molecule has 1 saturated heterocycles. The predicted molar refractivity (Wildman–Crippen MR) is 148 cm³/mol. The van der Waals surface area contributed by atoms with E-state index in [2.05, 4.69) is 15.6 Å². The lowest BCUT2D eigenvalue weighted by molar-refractivity contribution is -0.121. The number of amidine groups is 1. The first-order chi connectivity index (χ1) is 17.7. The van der Waals surface area contributed by atoms with E-state index in [1.165, 1.54) is 27.1 Å². The van der Waals surface area contributed by atoms with Crippen LogP contribution in [0.15, 0.2) is 34.2 Å². The third-order valence-corrected chi connectivity index (χ3v) is 9.32. The molecule has 37 heavy (non-hydrogen) atoms. The van der Waals surface area contributed by atoms with E-state index in [0.29, 0.717) is 21.3 Å². The number of aromatic carboxylic acids is 1. The van der Waals surface area contributed by atoms with Gasteiger partial charge in [-0.2, -0.15) is 5.26 Å². The molecule has 0 atom stereocenters. The topological polar surface area (TPSA) is 98.7 Å². The Balaban J connectivity index is 1.51. The first-order valence-electron chi connectivity index (χ1n) is 12.0. The third-order valence-electron chi connectivity index (χ3n) is 6.98. The SMILES string of the molecule is Cc1c(N=C2S/C(=C\c3cc(C)n(-c4sc5c(c4C#N)CCCC5)c3C)C(=O)N2C)cccc1C(=O)O. The molecule has 1 fully saturated rings. The van der Waals surface area contributed by atoms with Crippen LogP contribution in [0.2, 0.25) is 0 Å². The number of carboxylic acid groups (broad SMARTS) is 1. The average Bonchev–Trinajstić information content (AvgIpc) is 3.46. The van der Waals surface area contributed by atoms with Crippen LogP contribution in [0, 0.1) is 32.1 Å². The minimum atomic E-state index is -1.01. The fraction of sp³-hybridized carbons (Fsp3) is 0.286. The van der Waals surface area contributed by atoms with Gasteiger partial charge in [-0.3, -0.25) is 9.69 Å². The van der Waals surface area contributed by atoms with Crippen LogP contribution in [0.3, 0.4) is 0 Å². The summed E-state index contributed by atoms with van der Waals surface area (Å²) in [5.74, 6) is -1.17.